The van der Waals surface area contributed by atoms with Gasteiger partial charge in [0.2, 0.25) is 0 Å². The highest BCUT2D eigenvalue weighted by Gasteiger charge is 2.38. The quantitative estimate of drug-likeness (QED) is 0.801. The molecular formula is C15H19ClN2O. The Morgan fingerprint density at radius 2 is 2.05 bits per heavy atom. The highest BCUT2D eigenvalue weighted by molar-refractivity contribution is 6.31. The van der Waals surface area contributed by atoms with Crippen molar-refractivity contribution in [3.05, 3.63) is 28.8 Å². The Kier molecular flexibility index (Phi) is 3.40. The predicted molar refractivity (Wildman–Crippen MR) is 77.3 cm³/mol. The number of nitrogens with zero attached hydrogens (tertiary/aromatic N) is 1. The standard InChI is InChI=1S/C15H19ClN2O/c16-11-5-6-12(13(17)9-11)15(19)18-8-7-10-3-1-2-4-14(10)18/h5-6,9-10,14H,1-4,7-8,17H2. The largest absolute Gasteiger partial charge is 0.398 e. The zero-order chi connectivity index (χ0) is 13.4. The summed E-state index contributed by atoms with van der Waals surface area (Å²) in [6, 6.07) is 5.56. The molecular weight excluding hydrogens is 260 g/mol. The van der Waals surface area contributed by atoms with Crippen molar-refractivity contribution < 1.29 is 4.79 Å². The van der Waals surface area contributed by atoms with E-state index in [1.807, 2.05) is 4.90 Å². The summed E-state index contributed by atoms with van der Waals surface area (Å²) in [7, 11) is 0. The molecule has 1 aliphatic heterocycles. The molecule has 0 bridgehead atoms. The Bertz CT molecular complexity index is 503. The number of amides is 1. The molecule has 102 valence electrons. The molecule has 0 aromatic heterocycles. The van der Waals surface area contributed by atoms with Crippen molar-refractivity contribution in [3.8, 4) is 0 Å². The molecule has 1 aromatic rings. The summed E-state index contributed by atoms with van der Waals surface area (Å²) >= 11 is 5.89. The number of rotatable bonds is 1. The van der Waals surface area contributed by atoms with Gasteiger partial charge in [0.05, 0.1) is 5.56 Å². The first kappa shape index (κ1) is 12.8. The second-order valence-electron chi connectivity index (χ2n) is 5.63. The second kappa shape index (κ2) is 5.04. The molecule has 1 aliphatic carbocycles. The van der Waals surface area contributed by atoms with Gasteiger partial charge in [0.25, 0.3) is 5.91 Å². The van der Waals surface area contributed by atoms with Gasteiger partial charge in [0, 0.05) is 23.3 Å². The van der Waals surface area contributed by atoms with Crippen LogP contribution in [0.2, 0.25) is 5.02 Å². The second-order valence-corrected chi connectivity index (χ2v) is 6.07. The molecule has 3 rings (SSSR count). The fourth-order valence-corrected chi connectivity index (χ4v) is 3.72. The average molecular weight is 279 g/mol. The van der Waals surface area contributed by atoms with Crippen molar-refractivity contribution in [1.29, 1.82) is 0 Å². The number of fused-ring (bicyclic) bond motifs is 1. The van der Waals surface area contributed by atoms with E-state index < -0.39 is 0 Å². The van der Waals surface area contributed by atoms with Crippen molar-refractivity contribution in [1.82, 2.24) is 4.90 Å². The summed E-state index contributed by atoms with van der Waals surface area (Å²) in [6.07, 6.45) is 6.10. The van der Waals surface area contributed by atoms with Gasteiger partial charge in [0.15, 0.2) is 0 Å². The number of hydrogen-bond donors (Lipinski definition) is 1. The smallest absolute Gasteiger partial charge is 0.256 e. The molecule has 0 spiro atoms. The number of likely N-dealkylation sites (tertiary alicyclic amines) is 1. The Hall–Kier alpha value is -1.22. The summed E-state index contributed by atoms with van der Waals surface area (Å²) in [6.45, 7) is 0.871. The van der Waals surface area contributed by atoms with Crippen LogP contribution in [0.3, 0.4) is 0 Å². The van der Waals surface area contributed by atoms with Crippen LogP contribution < -0.4 is 5.73 Å². The Morgan fingerprint density at radius 1 is 1.26 bits per heavy atom. The van der Waals surface area contributed by atoms with Crippen LogP contribution in [0.5, 0.6) is 0 Å². The van der Waals surface area contributed by atoms with Gasteiger partial charge in [-0.05, 0) is 43.4 Å². The SMILES string of the molecule is Nc1cc(Cl)ccc1C(=O)N1CCC2CCCCC21. The lowest BCUT2D eigenvalue weighted by molar-refractivity contribution is 0.0691. The lowest BCUT2D eigenvalue weighted by Crippen LogP contribution is -2.39. The maximum absolute atomic E-state index is 12.6. The van der Waals surface area contributed by atoms with Gasteiger partial charge >= 0.3 is 0 Å². The molecule has 0 radical (unpaired) electrons. The van der Waals surface area contributed by atoms with Gasteiger partial charge in [-0.2, -0.15) is 0 Å². The summed E-state index contributed by atoms with van der Waals surface area (Å²) < 4.78 is 0. The zero-order valence-electron chi connectivity index (χ0n) is 10.9. The molecule has 1 saturated carbocycles. The van der Waals surface area contributed by atoms with Gasteiger partial charge in [0.1, 0.15) is 0 Å². The lowest BCUT2D eigenvalue weighted by Gasteiger charge is -2.32. The minimum atomic E-state index is 0.0727. The van der Waals surface area contributed by atoms with Crippen molar-refractivity contribution in [3.63, 3.8) is 0 Å². The number of nitrogen functional groups attached to an aromatic ring is 1. The Morgan fingerprint density at radius 3 is 2.84 bits per heavy atom. The first-order chi connectivity index (χ1) is 9.16. The minimum absolute atomic E-state index is 0.0727. The van der Waals surface area contributed by atoms with Gasteiger partial charge in [-0.3, -0.25) is 4.79 Å². The van der Waals surface area contributed by atoms with E-state index in [-0.39, 0.29) is 5.91 Å². The van der Waals surface area contributed by atoms with Crippen molar-refractivity contribution in [2.75, 3.05) is 12.3 Å². The number of carbonyl (C=O) groups excluding carboxylic acids is 1. The molecule has 2 unspecified atom stereocenters. The molecule has 4 heteroatoms. The third-order valence-corrected chi connectivity index (χ3v) is 4.75. The first-order valence-corrected chi connectivity index (χ1v) is 7.40. The molecule has 2 atom stereocenters. The molecule has 2 aliphatic rings. The van der Waals surface area contributed by atoms with Gasteiger partial charge < -0.3 is 10.6 Å². The van der Waals surface area contributed by atoms with Crippen molar-refractivity contribution in [2.45, 2.75) is 38.1 Å². The van der Waals surface area contributed by atoms with E-state index >= 15 is 0 Å². The topological polar surface area (TPSA) is 46.3 Å². The summed E-state index contributed by atoms with van der Waals surface area (Å²) in [4.78, 5) is 14.7. The highest BCUT2D eigenvalue weighted by Crippen LogP contribution is 2.37. The van der Waals surface area contributed by atoms with Gasteiger partial charge in [-0.15, -0.1) is 0 Å². The maximum Gasteiger partial charge on any atom is 0.256 e. The predicted octanol–water partition coefficient (Wildman–Crippen LogP) is 3.33. The third kappa shape index (κ3) is 2.32. The Labute approximate surface area is 118 Å². The molecule has 2 N–H and O–H groups in total. The van der Waals surface area contributed by atoms with Crippen LogP contribution in [-0.2, 0) is 0 Å². The first-order valence-electron chi connectivity index (χ1n) is 7.03. The lowest BCUT2D eigenvalue weighted by atomic mass is 9.85. The van der Waals surface area contributed by atoms with E-state index in [1.165, 1.54) is 19.3 Å². The van der Waals surface area contributed by atoms with Crippen LogP contribution in [0, 0.1) is 5.92 Å². The monoisotopic (exact) mass is 278 g/mol. The fraction of sp³-hybridized carbons (Fsp3) is 0.533. The molecule has 19 heavy (non-hydrogen) atoms. The summed E-state index contributed by atoms with van der Waals surface area (Å²) in [5.41, 5.74) is 7.00. The van der Waals surface area contributed by atoms with E-state index in [2.05, 4.69) is 0 Å². The molecule has 1 aromatic carbocycles. The van der Waals surface area contributed by atoms with Crippen LogP contribution in [-0.4, -0.2) is 23.4 Å². The van der Waals surface area contributed by atoms with E-state index in [9.17, 15) is 4.79 Å². The van der Waals surface area contributed by atoms with E-state index in [0.29, 0.717) is 28.2 Å². The van der Waals surface area contributed by atoms with E-state index in [0.717, 1.165) is 19.4 Å². The van der Waals surface area contributed by atoms with Crippen LogP contribution >= 0.6 is 11.6 Å². The van der Waals surface area contributed by atoms with Crippen molar-refractivity contribution in [2.24, 2.45) is 5.92 Å². The molecule has 3 nitrogen and oxygen atoms in total. The average Bonchev–Trinajstić information content (AvgIpc) is 2.82. The minimum Gasteiger partial charge on any atom is -0.398 e. The van der Waals surface area contributed by atoms with Crippen molar-refractivity contribution >= 4 is 23.2 Å². The van der Waals surface area contributed by atoms with E-state index in [1.54, 1.807) is 18.2 Å². The number of anilines is 1. The Balaban J connectivity index is 1.83. The van der Waals surface area contributed by atoms with Crippen LogP contribution in [0.15, 0.2) is 18.2 Å². The molecule has 1 amide bonds. The van der Waals surface area contributed by atoms with Crippen LogP contribution in [0.1, 0.15) is 42.5 Å². The number of hydrogen-bond acceptors (Lipinski definition) is 2. The maximum atomic E-state index is 12.6. The summed E-state index contributed by atoms with van der Waals surface area (Å²) in [5, 5.41) is 0.575. The molecule has 1 heterocycles. The molecule has 2 fully saturated rings. The normalized spacial score (nSPS) is 26.3. The third-order valence-electron chi connectivity index (χ3n) is 4.51. The van der Waals surface area contributed by atoms with Crippen LogP contribution in [0.4, 0.5) is 5.69 Å². The summed E-state index contributed by atoms with van der Waals surface area (Å²) in [5.74, 6) is 0.773. The number of halogens is 1. The fourth-order valence-electron chi connectivity index (χ4n) is 3.54. The number of carbonyl (C=O) groups is 1. The van der Waals surface area contributed by atoms with Gasteiger partial charge in [-0.25, -0.2) is 0 Å². The van der Waals surface area contributed by atoms with E-state index in [4.69, 9.17) is 17.3 Å². The highest BCUT2D eigenvalue weighted by atomic mass is 35.5. The number of benzene rings is 1. The number of nitrogens with two attached hydrogens (primary N) is 1. The molecule has 1 saturated heterocycles. The van der Waals surface area contributed by atoms with Gasteiger partial charge in [-0.1, -0.05) is 24.4 Å². The zero-order valence-corrected chi connectivity index (χ0v) is 11.7. The van der Waals surface area contributed by atoms with Crippen LogP contribution in [0.25, 0.3) is 0 Å².